The first kappa shape index (κ1) is 17.9. The number of hydrogen-bond acceptors (Lipinski definition) is 3. The van der Waals surface area contributed by atoms with E-state index in [2.05, 4.69) is 68.6 Å². The van der Waals surface area contributed by atoms with Gasteiger partial charge in [-0.05, 0) is 24.3 Å². The standard InChI is InChI=1S/C25H25N3O/c1-16-9-11-18(12-10-16)24-23-20(14-25(2,3)15-21(23)29)26-22-13-19(27-28(22)24)17-7-5-4-6-8-17/h4-13,24,26H,14-15H2,1-3H3. The predicted octanol–water partition coefficient (Wildman–Crippen LogP) is 5.52. The summed E-state index contributed by atoms with van der Waals surface area (Å²) in [5.74, 6) is 1.16. The van der Waals surface area contributed by atoms with E-state index in [-0.39, 0.29) is 17.2 Å². The van der Waals surface area contributed by atoms with Crippen LogP contribution in [0.15, 0.2) is 71.9 Å². The van der Waals surface area contributed by atoms with Gasteiger partial charge in [0.25, 0.3) is 0 Å². The first-order valence-corrected chi connectivity index (χ1v) is 10.2. The molecule has 0 amide bonds. The highest BCUT2D eigenvalue weighted by Gasteiger charge is 2.41. The number of aromatic nitrogens is 2. The van der Waals surface area contributed by atoms with Gasteiger partial charge in [-0.2, -0.15) is 5.10 Å². The maximum absolute atomic E-state index is 13.2. The molecule has 1 aliphatic heterocycles. The molecule has 4 heteroatoms. The predicted molar refractivity (Wildman–Crippen MR) is 116 cm³/mol. The number of ketones is 1. The fourth-order valence-electron chi connectivity index (χ4n) is 4.53. The third kappa shape index (κ3) is 3.09. The lowest BCUT2D eigenvalue weighted by atomic mass is 9.73. The highest BCUT2D eigenvalue weighted by atomic mass is 16.1. The minimum atomic E-state index is -0.192. The summed E-state index contributed by atoms with van der Waals surface area (Å²) in [6, 6.07) is 20.5. The SMILES string of the molecule is Cc1ccc(C2C3=C(CC(C)(C)CC3=O)Nc3cc(-c4ccccc4)nn32)cc1. The van der Waals surface area contributed by atoms with E-state index in [0.29, 0.717) is 6.42 Å². The third-order valence-electron chi connectivity index (χ3n) is 5.92. The van der Waals surface area contributed by atoms with Crippen molar-refractivity contribution in [1.29, 1.82) is 0 Å². The number of carbonyl (C=O) groups is 1. The van der Waals surface area contributed by atoms with Gasteiger partial charge in [0.05, 0.1) is 5.69 Å². The number of hydrogen-bond donors (Lipinski definition) is 1. The topological polar surface area (TPSA) is 46.9 Å². The van der Waals surface area contributed by atoms with Crippen LogP contribution in [0.25, 0.3) is 11.3 Å². The number of Topliss-reactive ketones (excluding diaryl/α,β-unsaturated/α-hetero) is 1. The molecule has 29 heavy (non-hydrogen) atoms. The van der Waals surface area contributed by atoms with Crippen LogP contribution in [-0.2, 0) is 4.79 Å². The Balaban J connectivity index is 1.69. The highest BCUT2D eigenvalue weighted by Crippen LogP contribution is 2.46. The third-order valence-corrected chi connectivity index (χ3v) is 5.92. The minimum absolute atomic E-state index is 0.0365. The molecule has 3 aromatic rings. The lowest BCUT2D eigenvalue weighted by Crippen LogP contribution is -2.36. The Kier molecular flexibility index (Phi) is 3.98. The number of nitrogens with one attached hydrogen (secondary N) is 1. The number of allylic oxidation sites excluding steroid dienone is 2. The summed E-state index contributed by atoms with van der Waals surface area (Å²) >= 11 is 0. The number of nitrogens with zero attached hydrogens (tertiary/aromatic N) is 2. The maximum Gasteiger partial charge on any atom is 0.163 e. The Morgan fingerprint density at radius 1 is 1.03 bits per heavy atom. The molecular weight excluding hydrogens is 358 g/mol. The molecule has 2 heterocycles. The number of benzene rings is 2. The molecule has 0 saturated carbocycles. The second kappa shape index (κ2) is 6.45. The van der Waals surface area contributed by atoms with Crippen LogP contribution in [0.5, 0.6) is 0 Å². The molecule has 0 saturated heterocycles. The van der Waals surface area contributed by atoms with Gasteiger partial charge in [0.15, 0.2) is 5.78 Å². The highest BCUT2D eigenvalue weighted by molar-refractivity contribution is 6.00. The van der Waals surface area contributed by atoms with E-state index in [1.165, 1.54) is 5.56 Å². The van der Waals surface area contributed by atoms with Gasteiger partial charge in [-0.15, -0.1) is 0 Å². The van der Waals surface area contributed by atoms with Crippen molar-refractivity contribution >= 4 is 11.6 Å². The van der Waals surface area contributed by atoms with Gasteiger partial charge in [-0.3, -0.25) is 4.79 Å². The molecule has 2 aromatic carbocycles. The van der Waals surface area contributed by atoms with Gasteiger partial charge < -0.3 is 5.32 Å². The second-order valence-electron chi connectivity index (χ2n) is 9.00. The molecule has 1 unspecified atom stereocenters. The molecule has 0 radical (unpaired) electrons. The molecule has 1 aromatic heterocycles. The first-order chi connectivity index (χ1) is 13.9. The Morgan fingerprint density at radius 3 is 2.48 bits per heavy atom. The molecule has 146 valence electrons. The summed E-state index contributed by atoms with van der Waals surface area (Å²) in [6.07, 6.45) is 1.43. The van der Waals surface area contributed by atoms with Crippen LogP contribution in [0.2, 0.25) is 0 Å². The zero-order valence-corrected chi connectivity index (χ0v) is 17.1. The zero-order valence-electron chi connectivity index (χ0n) is 17.1. The molecule has 1 atom stereocenters. The van der Waals surface area contributed by atoms with Gasteiger partial charge in [0, 0.05) is 29.3 Å². The number of anilines is 1. The van der Waals surface area contributed by atoms with Crippen LogP contribution in [0.1, 0.15) is 43.9 Å². The van der Waals surface area contributed by atoms with Crippen molar-refractivity contribution in [2.45, 2.75) is 39.7 Å². The number of aryl methyl sites for hydroxylation is 1. The molecular formula is C25H25N3O. The van der Waals surface area contributed by atoms with Crippen LogP contribution in [0.4, 0.5) is 5.82 Å². The average molecular weight is 383 g/mol. The fraction of sp³-hybridized carbons (Fsp3) is 0.280. The van der Waals surface area contributed by atoms with Crippen molar-refractivity contribution in [3.05, 3.63) is 83.1 Å². The Bertz CT molecular complexity index is 1120. The lowest BCUT2D eigenvalue weighted by molar-refractivity contribution is -0.118. The zero-order chi connectivity index (χ0) is 20.2. The van der Waals surface area contributed by atoms with Crippen molar-refractivity contribution in [3.8, 4) is 11.3 Å². The van der Waals surface area contributed by atoms with Crippen LogP contribution >= 0.6 is 0 Å². The van der Waals surface area contributed by atoms with Gasteiger partial charge in [-0.1, -0.05) is 74.0 Å². The van der Waals surface area contributed by atoms with Crippen molar-refractivity contribution < 1.29 is 4.79 Å². The van der Waals surface area contributed by atoms with Crippen LogP contribution in [0.3, 0.4) is 0 Å². The van der Waals surface area contributed by atoms with Crippen LogP contribution < -0.4 is 5.32 Å². The van der Waals surface area contributed by atoms with Gasteiger partial charge in [0.1, 0.15) is 11.9 Å². The summed E-state index contributed by atoms with van der Waals surface area (Å²) in [5.41, 5.74) is 6.17. The van der Waals surface area contributed by atoms with Gasteiger partial charge in [-0.25, -0.2) is 4.68 Å². The molecule has 5 rings (SSSR count). The first-order valence-electron chi connectivity index (χ1n) is 10.2. The average Bonchev–Trinajstić information content (AvgIpc) is 3.10. The summed E-state index contributed by atoms with van der Waals surface area (Å²) in [7, 11) is 0. The normalized spacial score (nSPS) is 20.1. The largest absolute Gasteiger partial charge is 0.343 e. The van der Waals surface area contributed by atoms with Crippen molar-refractivity contribution in [3.63, 3.8) is 0 Å². The molecule has 4 nitrogen and oxygen atoms in total. The smallest absolute Gasteiger partial charge is 0.163 e. The second-order valence-corrected chi connectivity index (χ2v) is 9.00. The Hall–Kier alpha value is -3.14. The minimum Gasteiger partial charge on any atom is -0.343 e. The van der Waals surface area contributed by atoms with E-state index in [1.54, 1.807) is 0 Å². The molecule has 2 aliphatic rings. The molecule has 0 bridgehead atoms. The summed E-state index contributed by atoms with van der Waals surface area (Å²) in [4.78, 5) is 13.2. The molecule has 1 N–H and O–H groups in total. The summed E-state index contributed by atoms with van der Waals surface area (Å²) in [5, 5.41) is 8.48. The quantitative estimate of drug-likeness (QED) is 0.634. The number of carbonyl (C=O) groups excluding carboxylic acids is 1. The summed E-state index contributed by atoms with van der Waals surface area (Å²) in [6.45, 7) is 6.41. The van der Waals surface area contributed by atoms with E-state index in [4.69, 9.17) is 5.10 Å². The number of rotatable bonds is 2. The van der Waals surface area contributed by atoms with Crippen LogP contribution in [-0.4, -0.2) is 15.6 Å². The fourth-order valence-corrected chi connectivity index (χ4v) is 4.53. The summed E-state index contributed by atoms with van der Waals surface area (Å²) < 4.78 is 1.99. The lowest BCUT2D eigenvalue weighted by Gasteiger charge is -2.38. The molecule has 0 fully saturated rings. The van der Waals surface area contributed by atoms with Crippen molar-refractivity contribution in [2.24, 2.45) is 5.41 Å². The van der Waals surface area contributed by atoms with E-state index < -0.39 is 0 Å². The van der Waals surface area contributed by atoms with Gasteiger partial charge >= 0.3 is 0 Å². The van der Waals surface area contributed by atoms with Crippen molar-refractivity contribution in [1.82, 2.24) is 9.78 Å². The maximum atomic E-state index is 13.2. The van der Waals surface area contributed by atoms with Gasteiger partial charge in [0.2, 0.25) is 0 Å². The van der Waals surface area contributed by atoms with E-state index >= 15 is 0 Å². The van der Waals surface area contributed by atoms with Crippen LogP contribution in [0, 0.1) is 12.3 Å². The Labute approximate surface area is 171 Å². The Morgan fingerprint density at radius 2 is 1.76 bits per heavy atom. The molecule has 1 aliphatic carbocycles. The monoisotopic (exact) mass is 383 g/mol. The molecule has 0 spiro atoms. The number of fused-ring (bicyclic) bond motifs is 1. The van der Waals surface area contributed by atoms with E-state index in [9.17, 15) is 4.79 Å². The van der Waals surface area contributed by atoms with E-state index in [0.717, 1.165) is 40.3 Å². The van der Waals surface area contributed by atoms with E-state index in [1.807, 2.05) is 22.9 Å². The van der Waals surface area contributed by atoms with Crippen molar-refractivity contribution in [2.75, 3.05) is 5.32 Å².